The van der Waals surface area contributed by atoms with Gasteiger partial charge in [-0.2, -0.15) is 0 Å². The molecule has 1 amide bonds. The molecular formula is C11H24N2O3. The SMILES string of the molecule is CCCCOCCOCCCCC(=O)NN. The molecular weight excluding hydrogens is 208 g/mol. The molecule has 0 rings (SSSR count). The number of hydrogen-bond acceptors (Lipinski definition) is 4. The molecule has 0 aromatic heterocycles. The van der Waals surface area contributed by atoms with Crippen molar-refractivity contribution in [2.45, 2.75) is 39.0 Å². The maximum Gasteiger partial charge on any atom is 0.233 e. The van der Waals surface area contributed by atoms with E-state index in [0.29, 0.717) is 26.2 Å². The van der Waals surface area contributed by atoms with Crippen LogP contribution in [0.25, 0.3) is 0 Å². The Morgan fingerprint density at radius 2 is 1.69 bits per heavy atom. The van der Waals surface area contributed by atoms with Gasteiger partial charge in [-0.3, -0.25) is 10.2 Å². The highest BCUT2D eigenvalue weighted by molar-refractivity contribution is 5.74. The monoisotopic (exact) mass is 232 g/mol. The van der Waals surface area contributed by atoms with Crippen LogP contribution >= 0.6 is 0 Å². The summed E-state index contributed by atoms with van der Waals surface area (Å²) in [7, 11) is 0. The number of carbonyl (C=O) groups is 1. The summed E-state index contributed by atoms with van der Waals surface area (Å²) in [6.07, 6.45) is 4.41. The number of hydrogen-bond donors (Lipinski definition) is 2. The van der Waals surface area contributed by atoms with Crippen LogP contribution in [-0.2, 0) is 14.3 Å². The van der Waals surface area contributed by atoms with Crippen molar-refractivity contribution in [1.82, 2.24) is 5.43 Å². The Hall–Kier alpha value is -0.650. The highest BCUT2D eigenvalue weighted by atomic mass is 16.5. The van der Waals surface area contributed by atoms with Gasteiger partial charge in [0.05, 0.1) is 13.2 Å². The average molecular weight is 232 g/mol. The number of ether oxygens (including phenoxy) is 2. The molecule has 0 saturated carbocycles. The third-order valence-corrected chi connectivity index (χ3v) is 2.12. The maximum absolute atomic E-state index is 10.8. The van der Waals surface area contributed by atoms with Crippen molar-refractivity contribution in [3.8, 4) is 0 Å². The van der Waals surface area contributed by atoms with Gasteiger partial charge in [-0.1, -0.05) is 13.3 Å². The highest BCUT2D eigenvalue weighted by Crippen LogP contribution is 1.95. The molecule has 0 spiro atoms. The van der Waals surface area contributed by atoms with Crippen LogP contribution in [0, 0.1) is 0 Å². The Bertz CT molecular complexity index is 165. The van der Waals surface area contributed by atoms with E-state index in [4.69, 9.17) is 15.3 Å². The standard InChI is InChI=1S/C11H24N2O3/c1-2-3-7-15-9-10-16-8-5-4-6-11(14)13-12/h2-10,12H2,1H3,(H,13,14). The predicted molar refractivity (Wildman–Crippen MR) is 62.7 cm³/mol. The topological polar surface area (TPSA) is 73.6 Å². The molecule has 96 valence electrons. The van der Waals surface area contributed by atoms with Crippen LogP contribution in [0.3, 0.4) is 0 Å². The van der Waals surface area contributed by atoms with E-state index in [2.05, 4.69) is 12.3 Å². The van der Waals surface area contributed by atoms with Crippen LogP contribution in [0.4, 0.5) is 0 Å². The fourth-order valence-corrected chi connectivity index (χ4v) is 1.13. The molecule has 3 N–H and O–H groups in total. The van der Waals surface area contributed by atoms with E-state index >= 15 is 0 Å². The van der Waals surface area contributed by atoms with Gasteiger partial charge in [0.2, 0.25) is 5.91 Å². The minimum Gasteiger partial charge on any atom is -0.379 e. The van der Waals surface area contributed by atoms with E-state index in [0.717, 1.165) is 32.3 Å². The molecule has 0 bridgehead atoms. The van der Waals surface area contributed by atoms with Crippen LogP contribution in [-0.4, -0.2) is 32.3 Å². The summed E-state index contributed by atoms with van der Waals surface area (Å²) in [5, 5.41) is 0. The van der Waals surface area contributed by atoms with Crippen molar-refractivity contribution in [2.24, 2.45) is 5.84 Å². The molecule has 0 heterocycles. The Balaban J connectivity index is 2.96. The molecule has 0 fully saturated rings. The number of rotatable bonds is 11. The first kappa shape index (κ1) is 15.3. The van der Waals surface area contributed by atoms with Crippen LogP contribution in [0.15, 0.2) is 0 Å². The van der Waals surface area contributed by atoms with Gasteiger partial charge in [-0.05, 0) is 19.3 Å². The van der Waals surface area contributed by atoms with Crippen molar-refractivity contribution in [1.29, 1.82) is 0 Å². The lowest BCUT2D eigenvalue weighted by Gasteiger charge is -2.05. The van der Waals surface area contributed by atoms with Gasteiger partial charge in [0.1, 0.15) is 0 Å². The molecule has 0 aliphatic rings. The number of amides is 1. The van der Waals surface area contributed by atoms with Gasteiger partial charge in [-0.25, -0.2) is 5.84 Å². The second-order valence-electron chi connectivity index (χ2n) is 3.60. The summed E-state index contributed by atoms with van der Waals surface area (Å²) < 4.78 is 10.7. The first-order chi connectivity index (χ1) is 7.81. The first-order valence-corrected chi connectivity index (χ1v) is 5.96. The van der Waals surface area contributed by atoms with E-state index in [1.165, 1.54) is 0 Å². The van der Waals surface area contributed by atoms with Crippen LogP contribution in [0.1, 0.15) is 39.0 Å². The van der Waals surface area contributed by atoms with Gasteiger partial charge in [0, 0.05) is 19.6 Å². The number of nitrogens with two attached hydrogens (primary N) is 1. The molecule has 5 heteroatoms. The summed E-state index contributed by atoms with van der Waals surface area (Å²) in [4.78, 5) is 10.8. The summed E-state index contributed by atoms with van der Waals surface area (Å²) in [5.74, 6) is 4.82. The quantitative estimate of drug-likeness (QED) is 0.241. The molecule has 0 aliphatic carbocycles. The summed E-state index contributed by atoms with van der Waals surface area (Å²) in [6.45, 7) is 4.92. The van der Waals surface area contributed by atoms with Gasteiger partial charge >= 0.3 is 0 Å². The van der Waals surface area contributed by atoms with Gasteiger partial charge in [-0.15, -0.1) is 0 Å². The molecule has 0 aromatic rings. The van der Waals surface area contributed by atoms with E-state index in [1.807, 2.05) is 0 Å². The Morgan fingerprint density at radius 1 is 1.06 bits per heavy atom. The van der Waals surface area contributed by atoms with E-state index in [9.17, 15) is 4.79 Å². The third kappa shape index (κ3) is 11.4. The summed E-state index contributed by atoms with van der Waals surface area (Å²) in [6, 6.07) is 0. The minimum atomic E-state index is -0.122. The van der Waals surface area contributed by atoms with Crippen LogP contribution < -0.4 is 11.3 Å². The largest absolute Gasteiger partial charge is 0.379 e. The Morgan fingerprint density at radius 3 is 2.25 bits per heavy atom. The molecule has 0 aromatic carbocycles. The lowest BCUT2D eigenvalue weighted by atomic mass is 10.2. The number of nitrogens with one attached hydrogen (secondary N) is 1. The highest BCUT2D eigenvalue weighted by Gasteiger charge is 1.97. The first-order valence-electron chi connectivity index (χ1n) is 5.96. The Kier molecular flexibility index (Phi) is 11.9. The number of unbranched alkanes of at least 4 members (excludes halogenated alkanes) is 2. The smallest absolute Gasteiger partial charge is 0.233 e. The Labute approximate surface area is 97.6 Å². The molecule has 0 atom stereocenters. The summed E-state index contributed by atoms with van der Waals surface area (Å²) in [5.41, 5.74) is 2.10. The molecule has 0 saturated heterocycles. The minimum absolute atomic E-state index is 0.122. The van der Waals surface area contributed by atoms with Gasteiger partial charge in [0.15, 0.2) is 0 Å². The zero-order valence-corrected chi connectivity index (χ0v) is 10.2. The van der Waals surface area contributed by atoms with Gasteiger partial charge < -0.3 is 9.47 Å². The number of hydrazine groups is 1. The molecule has 0 radical (unpaired) electrons. The predicted octanol–water partition coefficient (Wildman–Crippen LogP) is 0.980. The fraction of sp³-hybridized carbons (Fsp3) is 0.909. The van der Waals surface area contributed by atoms with Crippen molar-refractivity contribution < 1.29 is 14.3 Å². The molecule has 16 heavy (non-hydrogen) atoms. The molecule has 0 unspecified atom stereocenters. The second kappa shape index (κ2) is 12.4. The van der Waals surface area contributed by atoms with Crippen molar-refractivity contribution >= 4 is 5.91 Å². The second-order valence-corrected chi connectivity index (χ2v) is 3.60. The fourth-order valence-electron chi connectivity index (χ4n) is 1.13. The van der Waals surface area contributed by atoms with Gasteiger partial charge in [0.25, 0.3) is 0 Å². The lowest BCUT2D eigenvalue weighted by molar-refractivity contribution is -0.121. The average Bonchev–Trinajstić information content (AvgIpc) is 2.31. The van der Waals surface area contributed by atoms with Crippen LogP contribution in [0.2, 0.25) is 0 Å². The van der Waals surface area contributed by atoms with Crippen LogP contribution in [0.5, 0.6) is 0 Å². The molecule has 0 aliphatic heterocycles. The normalized spacial score (nSPS) is 10.4. The lowest BCUT2D eigenvalue weighted by Crippen LogP contribution is -2.29. The zero-order chi connectivity index (χ0) is 12.1. The third-order valence-electron chi connectivity index (χ3n) is 2.12. The summed E-state index contributed by atoms with van der Waals surface area (Å²) >= 11 is 0. The number of carbonyl (C=O) groups excluding carboxylic acids is 1. The van der Waals surface area contributed by atoms with Crippen molar-refractivity contribution in [3.63, 3.8) is 0 Å². The van der Waals surface area contributed by atoms with E-state index < -0.39 is 0 Å². The van der Waals surface area contributed by atoms with E-state index in [1.54, 1.807) is 0 Å². The van der Waals surface area contributed by atoms with Crippen molar-refractivity contribution in [2.75, 3.05) is 26.4 Å². The van der Waals surface area contributed by atoms with E-state index in [-0.39, 0.29) is 5.91 Å². The molecule has 5 nitrogen and oxygen atoms in total. The zero-order valence-electron chi connectivity index (χ0n) is 10.2. The van der Waals surface area contributed by atoms with Crippen molar-refractivity contribution in [3.05, 3.63) is 0 Å². The maximum atomic E-state index is 10.8.